The minimum Gasteiger partial charge on any atom is -0.350 e. The van der Waals surface area contributed by atoms with Crippen molar-refractivity contribution >= 4 is 22.7 Å². The predicted octanol–water partition coefficient (Wildman–Crippen LogP) is 2.16. The topological polar surface area (TPSA) is 84.0 Å². The molecule has 4 rings (SSSR count). The van der Waals surface area contributed by atoms with E-state index in [4.69, 9.17) is 4.98 Å². The maximum absolute atomic E-state index is 12.9. The molecule has 27 heavy (non-hydrogen) atoms. The van der Waals surface area contributed by atoms with Gasteiger partial charge in [-0.1, -0.05) is 18.2 Å². The number of aryl methyl sites for hydroxylation is 1. The van der Waals surface area contributed by atoms with Gasteiger partial charge in [-0.2, -0.15) is 0 Å². The Hall–Kier alpha value is -3.28. The van der Waals surface area contributed by atoms with E-state index in [0.29, 0.717) is 12.1 Å². The third-order valence-electron chi connectivity index (χ3n) is 4.79. The monoisotopic (exact) mass is 360 g/mol. The van der Waals surface area contributed by atoms with Gasteiger partial charge in [0.2, 0.25) is 5.91 Å². The molecule has 2 heterocycles. The fourth-order valence-corrected chi connectivity index (χ4v) is 3.48. The predicted molar refractivity (Wildman–Crippen MR) is 102 cm³/mol. The molecule has 0 atom stereocenters. The first-order valence-corrected chi connectivity index (χ1v) is 9.06. The van der Waals surface area contributed by atoms with Crippen LogP contribution in [0.5, 0.6) is 0 Å². The van der Waals surface area contributed by atoms with Gasteiger partial charge in [-0.25, -0.2) is 0 Å². The molecule has 1 aliphatic rings. The second-order valence-corrected chi connectivity index (χ2v) is 6.60. The number of para-hydroxylation sites is 1. The summed E-state index contributed by atoms with van der Waals surface area (Å²) in [7, 11) is 0. The molecule has 0 saturated carbocycles. The summed E-state index contributed by atoms with van der Waals surface area (Å²) in [6.45, 7) is 0.347. The van der Waals surface area contributed by atoms with Crippen LogP contribution in [0, 0.1) is 0 Å². The van der Waals surface area contributed by atoms with Crippen molar-refractivity contribution in [1.82, 2.24) is 20.6 Å². The Bertz CT molecular complexity index is 1000. The van der Waals surface area contributed by atoms with Crippen LogP contribution in [-0.2, 0) is 24.2 Å². The molecule has 136 valence electrons. The van der Waals surface area contributed by atoms with Gasteiger partial charge in [-0.3, -0.25) is 19.6 Å². The number of carbonyl (C=O) groups is 2. The molecule has 3 aromatic rings. The summed E-state index contributed by atoms with van der Waals surface area (Å²) < 4.78 is 0. The second kappa shape index (κ2) is 7.53. The summed E-state index contributed by atoms with van der Waals surface area (Å²) in [5.74, 6) is -0.444. The SMILES string of the molecule is O=C(CNC(=O)c1c2c(nc3ccccc13)CCC2)NCc1ccncc1. The maximum Gasteiger partial charge on any atom is 0.252 e. The fourth-order valence-electron chi connectivity index (χ4n) is 3.48. The Kier molecular flexibility index (Phi) is 4.78. The average Bonchev–Trinajstić information content (AvgIpc) is 3.17. The van der Waals surface area contributed by atoms with Crippen molar-refractivity contribution < 1.29 is 9.59 Å². The highest BCUT2D eigenvalue weighted by Crippen LogP contribution is 2.29. The summed E-state index contributed by atoms with van der Waals surface area (Å²) >= 11 is 0. The summed E-state index contributed by atoms with van der Waals surface area (Å²) in [5.41, 5.74) is 4.47. The Labute approximate surface area is 157 Å². The lowest BCUT2D eigenvalue weighted by Gasteiger charge is -2.13. The van der Waals surface area contributed by atoms with E-state index in [1.165, 1.54) is 0 Å². The van der Waals surface area contributed by atoms with E-state index in [9.17, 15) is 9.59 Å². The minimum absolute atomic E-state index is 0.0602. The van der Waals surface area contributed by atoms with Crippen LogP contribution in [0.4, 0.5) is 0 Å². The number of hydrogen-bond acceptors (Lipinski definition) is 4. The highest BCUT2D eigenvalue weighted by atomic mass is 16.2. The van der Waals surface area contributed by atoms with Crippen molar-refractivity contribution in [1.29, 1.82) is 0 Å². The lowest BCUT2D eigenvalue weighted by atomic mass is 10.0. The molecule has 0 fully saturated rings. The zero-order chi connectivity index (χ0) is 18.6. The van der Waals surface area contributed by atoms with Gasteiger partial charge in [0.15, 0.2) is 0 Å². The van der Waals surface area contributed by atoms with Crippen molar-refractivity contribution in [2.45, 2.75) is 25.8 Å². The molecule has 0 spiro atoms. The number of amides is 2. The molecular formula is C21H20N4O2. The number of benzene rings is 1. The third kappa shape index (κ3) is 3.65. The maximum atomic E-state index is 12.9. The Morgan fingerprint density at radius 3 is 2.67 bits per heavy atom. The van der Waals surface area contributed by atoms with Crippen LogP contribution in [0.25, 0.3) is 10.9 Å². The first kappa shape index (κ1) is 17.1. The molecule has 2 aromatic heterocycles. The minimum atomic E-state index is -0.227. The van der Waals surface area contributed by atoms with Crippen LogP contribution >= 0.6 is 0 Å². The molecule has 6 heteroatoms. The fraction of sp³-hybridized carbons (Fsp3) is 0.238. The van der Waals surface area contributed by atoms with E-state index in [1.807, 2.05) is 36.4 Å². The van der Waals surface area contributed by atoms with Crippen LogP contribution in [0.15, 0.2) is 48.8 Å². The highest BCUT2D eigenvalue weighted by molar-refractivity contribution is 6.08. The van der Waals surface area contributed by atoms with Gasteiger partial charge in [0, 0.05) is 30.0 Å². The van der Waals surface area contributed by atoms with Crippen molar-refractivity contribution in [2.24, 2.45) is 0 Å². The quantitative estimate of drug-likeness (QED) is 0.730. The molecule has 0 saturated heterocycles. The Balaban J connectivity index is 1.46. The largest absolute Gasteiger partial charge is 0.350 e. The van der Waals surface area contributed by atoms with E-state index in [0.717, 1.165) is 47.0 Å². The molecule has 0 unspecified atom stereocenters. The molecule has 1 aromatic carbocycles. The average molecular weight is 360 g/mol. The number of fused-ring (bicyclic) bond motifs is 2. The van der Waals surface area contributed by atoms with Gasteiger partial charge in [-0.15, -0.1) is 0 Å². The van der Waals surface area contributed by atoms with Crippen LogP contribution in [0.3, 0.4) is 0 Å². The van der Waals surface area contributed by atoms with Crippen LogP contribution < -0.4 is 10.6 Å². The number of nitrogens with zero attached hydrogens (tertiary/aromatic N) is 2. The van der Waals surface area contributed by atoms with Gasteiger partial charge in [0.1, 0.15) is 0 Å². The first-order valence-electron chi connectivity index (χ1n) is 9.06. The van der Waals surface area contributed by atoms with Crippen molar-refractivity contribution in [2.75, 3.05) is 6.54 Å². The van der Waals surface area contributed by atoms with Gasteiger partial charge in [-0.05, 0) is 48.6 Å². The Morgan fingerprint density at radius 1 is 1.00 bits per heavy atom. The Morgan fingerprint density at radius 2 is 1.81 bits per heavy atom. The molecule has 0 radical (unpaired) electrons. The number of rotatable bonds is 5. The zero-order valence-corrected chi connectivity index (χ0v) is 14.9. The molecule has 1 aliphatic carbocycles. The third-order valence-corrected chi connectivity index (χ3v) is 4.79. The van der Waals surface area contributed by atoms with Crippen LogP contribution in [0.2, 0.25) is 0 Å². The summed E-state index contributed by atoms with van der Waals surface area (Å²) in [5, 5.41) is 6.41. The molecule has 6 nitrogen and oxygen atoms in total. The number of pyridine rings is 2. The van der Waals surface area contributed by atoms with Crippen LogP contribution in [-0.4, -0.2) is 28.3 Å². The van der Waals surface area contributed by atoms with Gasteiger partial charge in [0.05, 0.1) is 17.6 Å². The number of carbonyl (C=O) groups excluding carboxylic acids is 2. The lowest BCUT2D eigenvalue weighted by Crippen LogP contribution is -2.37. The van der Waals surface area contributed by atoms with E-state index >= 15 is 0 Å². The van der Waals surface area contributed by atoms with E-state index in [-0.39, 0.29) is 18.4 Å². The first-order chi connectivity index (χ1) is 13.2. The molecule has 2 N–H and O–H groups in total. The van der Waals surface area contributed by atoms with Crippen molar-refractivity contribution in [3.8, 4) is 0 Å². The summed E-state index contributed by atoms with van der Waals surface area (Å²) in [6.07, 6.45) is 6.11. The van der Waals surface area contributed by atoms with Gasteiger partial charge < -0.3 is 10.6 Å². The standard InChI is InChI=1S/C21H20N4O2/c26-19(23-12-14-8-10-22-11-9-14)13-24-21(27)20-15-4-1-2-6-17(15)25-18-7-3-5-16(18)20/h1-2,4,6,8-11H,3,5,7,12-13H2,(H,23,26)(H,24,27). The van der Waals surface area contributed by atoms with Gasteiger partial charge >= 0.3 is 0 Å². The molecule has 0 aliphatic heterocycles. The molecule has 0 bridgehead atoms. The van der Waals surface area contributed by atoms with Crippen molar-refractivity contribution in [3.63, 3.8) is 0 Å². The normalized spacial score (nSPS) is 12.6. The van der Waals surface area contributed by atoms with E-state index < -0.39 is 0 Å². The van der Waals surface area contributed by atoms with Gasteiger partial charge in [0.25, 0.3) is 5.91 Å². The lowest BCUT2D eigenvalue weighted by molar-refractivity contribution is -0.120. The summed E-state index contributed by atoms with van der Waals surface area (Å²) in [6, 6.07) is 11.3. The molecular weight excluding hydrogens is 340 g/mol. The van der Waals surface area contributed by atoms with Crippen LogP contribution in [0.1, 0.15) is 33.6 Å². The number of hydrogen-bond donors (Lipinski definition) is 2. The highest BCUT2D eigenvalue weighted by Gasteiger charge is 2.23. The zero-order valence-electron chi connectivity index (χ0n) is 14.9. The second-order valence-electron chi connectivity index (χ2n) is 6.60. The number of aromatic nitrogens is 2. The summed E-state index contributed by atoms with van der Waals surface area (Å²) in [4.78, 5) is 33.6. The molecule has 2 amide bonds. The van der Waals surface area contributed by atoms with E-state index in [1.54, 1.807) is 12.4 Å². The number of nitrogens with one attached hydrogen (secondary N) is 2. The smallest absolute Gasteiger partial charge is 0.252 e. The van der Waals surface area contributed by atoms with E-state index in [2.05, 4.69) is 15.6 Å². The van der Waals surface area contributed by atoms with Crippen molar-refractivity contribution in [3.05, 3.63) is 71.2 Å².